The highest BCUT2D eigenvalue weighted by Gasteiger charge is 2.58. The Morgan fingerprint density at radius 1 is 1.05 bits per heavy atom. The molecule has 2 aromatic rings. The number of methoxy groups -OCH3 is 1. The molecule has 0 bridgehead atoms. The van der Waals surface area contributed by atoms with E-state index < -0.39 is 65.7 Å². The molecule has 0 aliphatic carbocycles. The Labute approximate surface area is 361 Å². The van der Waals surface area contributed by atoms with E-state index in [1.165, 1.54) is 0 Å². The van der Waals surface area contributed by atoms with Crippen LogP contribution in [0.15, 0.2) is 30.5 Å². The predicted octanol–water partition coefficient (Wildman–Crippen LogP) is 4.82. The smallest absolute Gasteiger partial charge is 0.410 e. The summed E-state index contributed by atoms with van der Waals surface area (Å²) in [5, 5.41) is 24.1. The van der Waals surface area contributed by atoms with Gasteiger partial charge in [0.25, 0.3) is 0 Å². The van der Waals surface area contributed by atoms with Gasteiger partial charge in [-0.25, -0.2) is 4.79 Å². The van der Waals surface area contributed by atoms with Gasteiger partial charge in [0.2, 0.25) is 0 Å². The molecule has 6 rings (SSSR count). The quantitative estimate of drug-likeness (QED) is 0.121. The Hall–Kier alpha value is -3.67. The summed E-state index contributed by atoms with van der Waals surface area (Å²) >= 11 is 0. The maximum absolute atomic E-state index is 14.5. The zero-order chi connectivity index (χ0) is 44.2. The number of Topliss-reactive ketones (excluding diaryl/α,β-unsaturated/α-hetero) is 1. The number of nitrogens with two attached hydrogens (primary N) is 1. The van der Waals surface area contributed by atoms with Gasteiger partial charge in [0.1, 0.15) is 23.8 Å². The largest absolute Gasteiger partial charge is 0.458 e. The predicted molar refractivity (Wildman–Crippen MR) is 229 cm³/mol. The Balaban J connectivity index is 1.21. The lowest BCUT2D eigenvalue weighted by Crippen LogP contribution is -2.61. The third-order valence-electron chi connectivity index (χ3n) is 13.8. The van der Waals surface area contributed by atoms with E-state index in [0.29, 0.717) is 51.0 Å². The van der Waals surface area contributed by atoms with E-state index in [-0.39, 0.29) is 29.9 Å². The van der Waals surface area contributed by atoms with Crippen LogP contribution in [0.2, 0.25) is 0 Å². The lowest BCUT2D eigenvalue weighted by atomic mass is 9.78. The van der Waals surface area contributed by atoms with Crippen molar-refractivity contribution in [1.29, 1.82) is 0 Å². The summed E-state index contributed by atoms with van der Waals surface area (Å²) in [7, 11) is 1.61. The number of aliphatic hydroxyl groups excluding tert-OH is 1. The maximum Gasteiger partial charge on any atom is 0.410 e. The van der Waals surface area contributed by atoms with E-state index in [4.69, 9.17) is 29.4 Å². The molecule has 5 heterocycles. The summed E-state index contributed by atoms with van der Waals surface area (Å²) in [5.74, 6) is -3.11. The van der Waals surface area contributed by atoms with E-state index in [1.54, 1.807) is 30.5 Å². The zero-order valence-corrected chi connectivity index (χ0v) is 37.7. The first-order chi connectivity index (χ1) is 29.0. The molecule has 340 valence electrons. The summed E-state index contributed by atoms with van der Waals surface area (Å²) < 4.78 is 33.6. The molecule has 0 radical (unpaired) electrons. The van der Waals surface area contributed by atoms with Gasteiger partial charge in [-0.15, -0.1) is 5.10 Å². The molecule has 0 saturated carbocycles. The third-order valence-corrected chi connectivity index (χ3v) is 13.8. The number of nitrogens with one attached hydrogen (secondary N) is 1. The summed E-state index contributed by atoms with van der Waals surface area (Å²) in [6.07, 6.45) is 2.58. The second kappa shape index (κ2) is 19.8. The van der Waals surface area contributed by atoms with Crippen molar-refractivity contribution in [3.05, 3.63) is 30.5 Å². The summed E-state index contributed by atoms with van der Waals surface area (Å²) in [6, 6.07) is 6.57. The Bertz CT molecular complexity index is 1810. The number of likely N-dealkylation sites (tertiary alicyclic amines) is 1. The van der Waals surface area contributed by atoms with Gasteiger partial charge in [-0.2, -0.15) is 0 Å². The van der Waals surface area contributed by atoms with Crippen LogP contribution in [0.4, 0.5) is 10.5 Å². The SMILES string of the molecule is CC[C@H]1OC(=O)[C@H](C)C(=O)[C@H](C)[C@@H](O[C@@H]2O[C@H](C)CC(N3CCCC3)C2O)[C@](C)(OC)C[C@@H](C)CN[C@H](C)[C@H]2N(CCCCn3cc(-c4cccc(N)c4)nn3)C(=O)O[C@]12C. The highest BCUT2D eigenvalue weighted by atomic mass is 16.7. The molecule has 2 unspecified atom stereocenters. The van der Waals surface area contributed by atoms with Crippen LogP contribution in [0.3, 0.4) is 0 Å². The van der Waals surface area contributed by atoms with Crippen molar-refractivity contribution >= 4 is 23.5 Å². The fourth-order valence-electron chi connectivity index (χ4n) is 10.4. The van der Waals surface area contributed by atoms with Crippen LogP contribution in [-0.2, 0) is 39.8 Å². The van der Waals surface area contributed by atoms with Crippen molar-refractivity contribution in [2.24, 2.45) is 17.8 Å². The van der Waals surface area contributed by atoms with Crippen molar-refractivity contribution in [2.75, 3.05) is 39.0 Å². The Morgan fingerprint density at radius 2 is 1.77 bits per heavy atom. The van der Waals surface area contributed by atoms with E-state index in [1.807, 2.05) is 65.1 Å². The minimum absolute atomic E-state index is 0.00527. The number of esters is 1. The molecule has 1 aromatic carbocycles. The number of ketones is 1. The highest BCUT2D eigenvalue weighted by molar-refractivity contribution is 6.00. The average Bonchev–Trinajstić information content (AvgIpc) is 4.00. The summed E-state index contributed by atoms with van der Waals surface area (Å²) in [4.78, 5) is 46.5. The van der Waals surface area contributed by atoms with Crippen LogP contribution >= 0.6 is 0 Å². The minimum atomic E-state index is -1.23. The van der Waals surface area contributed by atoms with Gasteiger partial charge in [0.15, 0.2) is 17.7 Å². The molecule has 4 aliphatic rings. The van der Waals surface area contributed by atoms with Crippen LogP contribution < -0.4 is 11.1 Å². The second-order valence-electron chi connectivity index (χ2n) is 18.6. The number of aliphatic hydroxyl groups is 1. The number of unbranched alkanes of at least 4 members (excludes halogenated alkanes) is 1. The van der Waals surface area contributed by atoms with Gasteiger partial charge in [-0.05, 0) is 117 Å². The fourth-order valence-corrected chi connectivity index (χ4v) is 10.4. The van der Waals surface area contributed by atoms with Crippen molar-refractivity contribution in [1.82, 2.24) is 30.1 Å². The number of hydrogen-bond acceptors (Lipinski definition) is 14. The number of aryl methyl sites for hydroxylation is 1. The normalized spacial score (nSPS) is 37.2. The third kappa shape index (κ3) is 10.3. The number of nitrogen functional groups attached to an aromatic ring is 1. The molecular weight excluding hydrogens is 783 g/mol. The molecule has 61 heavy (non-hydrogen) atoms. The molecule has 4 N–H and O–H groups in total. The molecule has 16 heteroatoms. The fraction of sp³-hybridized carbons (Fsp3) is 0.756. The first-order valence-electron chi connectivity index (χ1n) is 22.5. The van der Waals surface area contributed by atoms with Crippen LogP contribution in [0.25, 0.3) is 11.3 Å². The number of cyclic esters (lactones) is 1. The van der Waals surface area contributed by atoms with Crippen molar-refractivity contribution in [3.8, 4) is 11.3 Å². The van der Waals surface area contributed by atoms with E-state index in [2.05, 4.69) is 27.5 Å². The van der Waals surface area contributed by atoms with Crippen LogP contribution in [-0.4, -0.2) is 141 Å². The van der Waals surface area contributed by atoms with Crippen LogP contribution in [0.5, 0.6) is 0 Å². The van der Waals surface area contributed by atoms with Gasteiger partial charge in [0, 0.05) is 49.5 Å². The van der Waals surface area contributed by atoms with Gasteiger partial charge >= 0.3 is 12.1 Å². The zero-order valence-electron chi connectivity index (χ0n) is 37.7. The number of aromatic nitrogens is 3. The Kier molecular flexibility index (Phi) is 15.2. The van der Waals surface area contributed by atoms with E-state index in [0.717, 1.165) is 43.6 Å². The van der Waals surface area contributed by atoms with E-state index >= 15 is 0 Å². The summed E-state index contributed by atoms with van der Waals surface area (Å²) in [5.41, 5.74) is 5.98. The second-order valence-corrected chi connectivity index (χ2v) is 18.6. The first kappa shape index (κ1) is 46.8. The monoisotopic (exact) mass is 854 g/mol. The topological polar surface area (TPSA) is 193 Å². The number of carbonyl (C=O) groups excluding carboxylic acids is 3. The number of anilines is 1. The number of nitrogens with zero attached hydrogens (tertiary/aromatic N) is 5. The number of carbonyl (C=O) groups is 3. The lowest BCUT2D eigenvalue weighted by Gasteiger charge is -2.47. The molecule has 1 aromatic heterocycles. The molecule has 4 saturated heterocycles. The molecule has 4 aliphatic heterocycles. The first-order valence-corrected chi connectivity index (χ1v) is 22.5. The number of hydrogen-bond donors (Lipinski definition) is 3. The number of rotatable bonds is 11. The van der Waals surface area contributed by atoms with Gasteiger partial charge in [-0.1, -0.05) is 38.1 Å². The highest BCUT2D eigenvalue weighted by Crippen LogP contribution is 2.40. The molecule has 0 spiro atoms. The van der Waals surface area contributed by atoms with Crippen LogP contribution in [0.1, 0.15) is 100 Å². The minimum Gasteiger partial charge on any atom is -0.458 e. The molecule has 1 amide bonds. The van der Waals surface area contributed by atoms with Gasteiger partial charge < -0.3 is 39.8 Å². The van der Waals surface area contributed by atoms with E-state index in [9.17, 15) is 19.5 Å². The lowest BCUT2D eigenvalue weighted by molar-refractivity contribution is -0.296. The standard InChI is InChI=1S/C45H71N7O9/c1-10-36-45(8)39(52(43(56)61-45)21-14-13-20-51-26-34(48-49-51)32-16-15-17-33(46)23-32)31(6)47-25-27(2)24-44(7,57-9)40(29(4)37(53)30(5)41(55)59-36)60-42-38(54)35(22-28(3)58-42)50-18-11-12-19-50/h15-17,23,26-31,35-36,38-40,42,47,54H,10-14,18-22,24-25,46H2,1-9H3/t27-,28-,29+,30-,31-,35?,36-,38?,39-,40-,42+,44-,45-/m1/s1. The summed E-state index contributed by atoms with van der Waals surface area (Å²) in [6.45, 7) is 18.4. The Morgan fingerprint density at radius 3 is 2.46 bits per heavy atom. The molecular formula is C45H71N7O9. The number of fused-ring (bicyclic) bond motifs is 1. The average molecular weight is 854 g/mol. The molecule has 4 fully saturated rings. The van der Waals surface area contributed by atoms with Gasteiger partial charge in [0.05, 0.1) is 30.0 Å². The van der Waals surface area contributed by atoms with Crippen molar-refractivity contribution in [3.63, 3.8) is 0 Å². The van der Waals surface area contributed by atoms with Crippen molar-refractivity contribution < 1.29 is 43.2 Å². The van der Waals surface area contributed by atoms with Gasteiger partial charge in [-0.3, -0.25) is 24.1 Å². The molecule has 13 atom stereocenters. The maximum atomic E-state index is 14.5. The number of amides is 1. The van der Waals surface area contributed by atoms with Crippen LogP contribution in [0, 0.1) is 17.8 Å². The molecule has 16 nitrogen and oxygen atoms in total. The van der Waals surface area contributed by atoms with Crippen molar-refractivity contribution in [2.45, 2.75) is 167 Å². The number of benzene rings is 1. The number of ether oxygens (including phenoxy) is 5.